The quantitative estimate of drug-likeness (QED) is 0.122. The maximum absolute atomic E-state index is 11.2. The molecule has 0 saturated carbocycles. The Morgan fingerprint density at radius 1 is 0.622 bits per heavy atom. The monoisotopic (exact) mass is 596 g/mol. The maximum atomic E-state index is 11.2. The first-order valence-electron chi connectivity index (χ1n) is 10.1. The van der Waals surface area contributed by atoms with Gasteiger partial charge in [0.1, 0.15) is 0 Å². The molecule has 4 aliphatic rings. The lowest BCUT2D eigenvalue weighted by Gasteiger charge is -2.12. The summed E-state index contributed by atoms with van der Waals surface area (Å²) >= 11 is 22.9. The summed E-state index contributed by atoms with van der Waals surface area (Å²) in [4.78, 5) is 64.2. The number of carbonyl (C=O) groups excluding carboxylic acids is 6. The second kappa shape index (κ2) is 13.7. The zero-order chi connectivity index (χ0) is 27.9. The van der Waals surface area contributed by atoms with Gasteiger partial charge < -0.3 is 24.4 Å². The van der Waals surface area contributed by atoms with Crippen LogP contribution in [-0.2, 0) is 33.4 Å². The summed E-state index contributed by atoms with van der Waals surface area (Å²) in [6, 6.07) is 0. The van der Waals surface area contributed by atoms with E-state index in [1.165, 1.54) is 0 Å². The Balaban J connectivity index is 0.000000192. The average molecular weight is 598 g/mol. The Hall–Kier alpha value is -2.80. The van der Waals surface area contributed by atoms with Gasteiger partial charge in [-0.05, 0) is 12.8 Å². The number of hydrogen-bond donors (Lipinski definition) is 2. The van der Waals surface area contributed by atoms with Crippen LogP contribution in [0.3, 0.4) is 0 Å². The molecule has 0 spiro atoms. The Bertz CT molecular complexity index is 1120. The van der Waals surface area contributed by atoms with Gasteiger partial charge in [0.05, 0.1) is 56.3 Å². The van der Waals surface area contributed by atoms with Gasteiger partial charge in [-0.1, -0.05) is 58.6 Å². The minimum absolute atomic E-state index is 0.0752. The molecule has 3 heterocycles. The molecule has 3 aliphatic heterocycles. The van der Waals surface area contributed by atoms with Crippen molar-refractivity contribution < 1.29 is 53.2 Å². The molecule has 198 valence electrons. The van der Waals surface area contributed by atoms with Gasteiger partial charge in [0.25, 0.3) is 0 Å². The molecule has 5 rings (SSSR count). The van der Waals surface area contributed by atoms with E-state index < -0.39 is 23.9 Å². The Morgan fingerprint density at radius 3 is 1.30 bits per heavy atom. The van der Waals surface area contributed by atoms with Crippen LogP contribution in [0.25, 0.3) is 0 Å². The summed E-state index contributed by atoms with van der Waals surface area (Å²) in [5, 5.41) is 14.8. The molecule has 2 unspecified atom stereocenters. The smallest absolute Gasteiger partial charge is 0.348 e. The van der Waals surface area contributed by atoms with E-state index in [0.717, 1.165) is 12.2 Å². The summed E-state index contributed by atoms with van der Waals surface area (Å²) in [6.45, 7) is -0.250. The minimum atomic E-state index is -0.875. The lowest BCUT2D eigenvalue weighted by atomic mass is 9.85. The van der Waals surface area contributed by atoms with E-state index in [1.807, 2.05) is 12.2 Å². The molecule has 2 N–H and O–H groups in total. The van der Waals surface area contributed by atoms with Crippen molar-refractivity contribution in [2.75, 3.05) is 13.2 Å². The van der Waals surface area contributed by atoms with Gasteiger partial charge in [-0.15, -0.1) is 0 Å². The van der Waals surface area contributed by atoms with Crippen LogP contribution in [0.2, 0.25) is 20.1 Å². The molecule has 15 heteroatoms. The first kappa shape index (κ1) is 30.4. The number of allylic oxidation sites excluding steroid dienone is 2. The van der Waals surface area contributed by atoms with Gasteiger partial charge in [-0.3, -0.25) is 9.59 Å². The van der Waals surface area contributed by atoms with Crippen molar-refractivity contribution in [1.29, 1.82) is 0 Å². The highest BCUT2D eigenvalue weighted by Gasteiger charge is 2.43. The largest absolute Gasteiger partial charge is 0.394 e. The number of esters is 6. The van der Waals surface area contributed by atoms with E-state index in [1.54, 1.807) is 0 Å². The zero-order valence-corrected chi connectivity index (χ0v) is 21.4. The fraction of sp³-hybridized carbons (Fsp3) is 0.273. The molecule has 0 amide bonds. The number of carbonyl (C=O) groups is 6. The highest BCUT2D eigenvalue weighted by molar-refractivity contribution is 6.54. The van der Waals surface area contributed by atoms with Crippen molar-refractivity contribution in [2.45, 2.75) is 12.8 Å². The van der Waals surface area contributed by atoms with Crippen molar-refractivity contribution >= 4 is 82.2 Å². The van der Waals surface area contributed by atoms with E-state index in [0.29, 0.717) is 12.8 Å². The number of rotatable bonds is 1. The van der Waals surface area contributed by atoms with Crippen LogP contribution in [0.4, 0.5) is 0 Å². The summed E-state index contributed by atoms with van der Waals surface area (Å²) < 4.78 is 12.8. The van der Waals surface area contributed by atoms with Crippen molar-refractivity contribution in [3.8, 4) is 0 Å². The molecule has 1 aromatic carbocycles. The fourth-order valence-electron chi connectivity index (χ4n) is 3.09. The molecular formula is C22H16Cl4O11. The first-order valence-corrected chi connectivity index (χ1v) is 11.6. The van der Waals surface area contributed by atoms with Crippen LogP contribution < -0.4 is 0 Å². The molecule has 0 bridgehead atoms. The molecule has 1 saturated heterocycles. The molecular weight excluding hydrogens is 582 g/mol. The Kier molecular flexibility index (Phi) is 11.2. The lowest BCUT2D eigenvalue weighted by Crippen LogP contribution is -2.18. The topological polar surface area (TPSA) is 171 Å². The van der Waals surface area contributed by atoms with E-state index >= 15 is 0 Å². The number of halogens is 4. The van der Waals surface area contributed by atoms with Crippen molar-refractivity contribution in [1.82, 2.24) is 0 Å². The fourth-order valence-corrected chi connectivity index (χ4v) is 4.10. The third-order valence-corrected chi connectivity index (χ3v) is 6.56. The standard InChI is InChI=1S/C8Cl4O3.C8H8O3.C4H2O3.C2H6O2/c9-3-1-2(8(14)15-7(1)13)4(10)6(12)5(3)11;9-7-5-3-1-2-4-6(5)8(10)11-7;5-3-1-2-4(6)7-3;3-1-2-4/h;1-2,5-6H,3-4H2;1-2H;3-4H,1-2H2. The molecule has 37 heavy (non-hydrogen) atoms. The van der Waals surface area contributed by atoms with Crippen LogP contribution in [-0.4, -0.2) is 59.2 Å². The third-order valence-electron chi connectivity index (χ3n) is 4.76. The highest BCUT2D eigenvalue weighted by atomic mass is 35.5. The van der Waals surface area contributed by atoms with Crippen LogP contribution in [0.1, 0.15) is 33.6 Å². The lowest BCUT2D eigenvalue weighted by molar-refractivity contribution is -0.154. The van der Waals surface area contributed by atoms with Crippen molar-refractivity contribution in [2.24, 2.45) is 11.8 Å². The normalized spacial score (nSPS) is 20.4. The summed E-state index contributed by atoms with van der Waals surface area (Å²) in [5.41, 5.74) is -0.276. The van der Waals surface area contributed by atoms with Gasteiger partial charge in [-0.25, -0.2) is 19.2 Å². The average Bonchev–Trinajstić information content (AvgIpc) is 3.50. The highest BCUT2D eigenvalue weighted by Crippen LogP contribution is 2.44. The van der Waals surface area contributed by atoms with Gasteiger partial charge in [0.15, 0.2) is 0 Å². The number of cyclic esters (lactones) is 6. The molecule has 0 radical (unpaired) electrons. The third kappa shape index (κ3) is 7.37. The Labute approximate surface area is 228 Å². The van der Waals surface area contributed by atoms with E-state index in [4.69, 9.17) is 56.6 Å². The molecule has 11 nitrogen and oxygen atoms in total. The summed E-state index contributed by atoms with van der Waals surface area (Å²) in [6.07, 6.45) is 7.36. The van der Waals surface area contributed by atoms with Crippen LogP contribution in [0.15, 0.2) is 24.3 Å². The number of hydrogen-bond acceptors (Lipinski definition) is 11. The number of aliphatic hydroxyl groups excluding tert-OH is 2. The number of benzene rings is 1. The van der Waals surface area contributed by atoms with Crippen LogP contribution in [0.5, 0.6) is 0 Å². The van der Waals surface area contributed by atoms with E-state index in [9.17, 15) is 28.8 Å². The summed E-state index contributed by atoms with van der Waals surface area (Å²) in [5.74, 6) is -3.97. The predicted octanol–water partition coefficient (Wildman–Crippen LogP) is 2.86. The van der Waals surface area contributed by atoms with Crippen LogP contribution in [0, 0.1) is 11.8 Å². The molecule has 1 aliphatic carbocycles. The van der Waals surface area contributed by atoms with Gasteiger partial charge in [0, 0.05) is 12.2 Å². The molecule has 0 aromatic heterocycles. The SMILES string of the molecule is O=C1C=CC(=O)O1.O=C1OC(=O)C2CC=CCC12.O=C1OC(=O)c2c(Cl)c(Cl)c(Cl)c(Cl)c21.OCCO. The van der Waals surface area contributed by atoms with Gasteiger partial charge >= 0.3 is 35.8 Å². The van der Waals surface area contributed by atoms with E-state index in [2.05, 4.69) is 14.2 Å². The first-order chi connectivity index (χ1) is 17.4. The zero-order valence-electron chi connectivity index (χ0n) is 18.4. The second-order valence-corrected chi connectivity index (χ2v) is 8.61. The minimum Gasteiger partial charge on any atom is -0.394 e. The van der Waals surface area contributed by atoms with Gasteiger partial charge in [-0.2, -0.15) is 0 Å². The number of aliphatic hydroxyl groups is 2. The second-order valence-electron chi connectivity index (χ2n) is 7.10. The molecule has 2 atom stereocenters. The number of fused-ring (bicyclic) bond motifs is 2. The predicted molar refractivity (Wildman–Crippen MR) is 127 cm³/mol. The number of ether oxygens (including phenoxy) is 3. The van der Waals surface area contributed by atoms with E-state index in [-0.39, 0.29) is 68.2 Å². The molecule has 1 fully saturated rings. The van der Waals surface area contributed by atoms with Crippen LogP contribution >= 0.6 is 46.4 Å². The Morgan fingerprint density at radius 2 is 1.00 bits per heavy atom. The maximum Gasteiger partial charge on any atom is 0.348 e. The van der Waals surface area contributed by atoms with Crippen molar-refractivity contribution in [3.05, 3.63) is 55.5 Å². The molecule has 1 aromatic rings. The van der Waals surface area contributed by atoms with Gasteiger partial charge in [0.2, 0.25) is 0 Å². The van der Waals surface area contributed by atoms with Crippen molar-refractivity contribution in [3.63, 3.8) is 0 Å². The summed E-state index contributed by atoms with van der Waals surface area (Å²) in [7, 11) is 0.